The number of rotatable bonds is 4. The molecule has 23 heavy (non-hydrogen) atoms. The zero-order chi connectivity index (χ0) is 17.4. The molecule has 130 valence electrons. The molecule has 2 rings (SSSR count). The van der Waals surface area contributed by atoms with E-state index >= 15 is 0 Å². The van der Waals surface area contributed by atoms with Crippen LogP contribution in [0.3, 0.4) is 0 Å². The van der Waals surface area contributed by atoms with Crippen molar-refractivity contribution in [2.24, 2.45) is 0 Å². The standard InChI is InChI=1S/C16H28N2O4Si/c1-11-9-18(15(20)17-14(11)19)13-8-7-12(22-13)10-21-23(5,6)16(2,3)4/h9,12-13H,7-8,10H2,1-6H3,(H,17,19,20)/t12-,13?/m0/s1. The number of aryl methyl sites for hydroxylation is 1. The van der Waals surface area contributed by atoms with Crippen molar-refractivity contribution >= 4 is 8.32 Å². The van der Waals surface area contributed by atoms with Gasteiger partial charge in [-0.3, -0.25) is 14.3 Å². The zero-order valence-electron chi connectivity index (χ0n) is 14.9. The summed E-state index contributed by atoms with van der Waals surface area (Å²) in [5, 5.41) is 0.165. The van der Waals surface area contributed by atoms with Gasteiger partial charge in [-0.25, -0.2) is 4.79 Å². The molecule has 7 heteroatoms. The molecule has 1 unspecified atom stereocenters. The van der Waals surface area contributed by atoms with Gasteiger partial charge in [0.1, 0.15) is 6.23 Å². The Labute approximate surface area is 138 Å². The Bertz CT molecular complexity index is 672. The monoisotopic (exact) mass is 340 g/mol. The molecule has 1 aliphatic heterocycles. The maximum atomic E-state index is 11.9. The van der Waals surface area contributed by atoms with Crippen molar-refractivity contribution < 1.29 is 9.16 Å². The van der Waals surface area contributed by atoms with Gasteiger partial charge < -0.3 is 9.16 Å². The molecule has 1 fully saturated rings. The van der Waals surface area contributed by atoms with Gasteiger partial charge in [-0.05, 0) is 37.9 Å². The van der Waals surface area contributed by atoms with Crippen molar-refractivity contribution in [3.8, 4) is 0 Å². The molecular formula is C16H28N2O4Si. The van der Waals surface area contributed by atoms with E-state index in [1.54, 1.807) is 13.1 Å². The normalized spacial score (nSPS) is 22.5. The summed E-state index contributed by atoms with van der Waals surface area (Å²) in [5.74, 6) is 0. The molecular weight excluding hydrogens is 312 g/mol. The van der Waals surface area contributed by atoms with Crippen molar-refractivity contribution in [3.63, 3.8) is 0 Å². The highest BCUT2D eigenvalue weighted by Gasteiger charge is 2.38. The number of nitrogens with one attached hydrogen (secondary N) is 1. The minimum Gasteiger partial charge on any atom is -0.414 e. The lowest BCUT2D eigenvalue weighted by molar-refractivity contribution is -0.0223. The van der Waals surface area contributed by atoms with Crippen LogP contribution in [0, 0.1) is 6.92 Å². The van der Waals surface area contributed by atoms with Gasteiger partial charge in [0.2, 0.25) is 0 Å². The summed E-state index contributed by atoms with van der Waals surface area (Å²) in [6.07, 6.45) is 2.84. The van der Waals surface area contributed by atoms with Gasteiger partial charge in [-0.15, -0.1) is 0 Å². The highest BCUT2D eigenvalue weighted by atomic mass is 28.4. The summed E-state index contributed by atoms with van der Waals surface area (Å²) >= 11 is 0. The Kier molecular flexibility index (Phi) is 5.03. The molecule has 1 N–H and O–H groups in total. The van der Waals surface area contributed by atoms with E-state index in [0.717, 1.165) is 12.8 Å². The van der Waals surface area contributed by atoms with Gasteiger partial charge in [0.15, 0.2) is 8.32 Å². The van der Waals surface area contributed by atoms with Gasteiger partial charge in [0, 0.05) is 11.8 Å². The summed E-state index contributed by atoms with van der Waals surface area (Å²) in [5.41, 5.74) is -0.257. The van der Waals surface area contributed by atoms with Crippen LogP contribution in [0.5, 0.6) is 0 Å². The summed E-state index contributed by atoms with van der Waals surface area (Å²) in [4.78, 5) is 25.7. The number of hydrogen-bond donors (Lipinski definition) is 1. The van der Waals surface area contributed by atoms with E-state index in [0.29, 0.717) is 12.2 Å². The molecule has 1 saturated heterocycles. The third kappa shape index (κ3) is 4.02. The lowest BCUT2D eigenvalue weighted by atomic mass is 10.2. The van der Waals surface area contributed by atoms with Crippen LogP contribution in [0.15, 0.2) is 15.8 Å². The fraction of sp³-hybridized carbons (Fsp3) is 0.750. The molecule has 0 bridgehead atoms. The molecule has 1 aliphatic rings. The molecule has 0 amide bonds. The van der Waals surface area contributed by atoms with E-state index in [4.69, 9.17) is 9.16 Å². The second kappa shape index (κ2) is 6.37. The molecule has 0 saturated carbocycles. The predicted molar refractivity (Wildman–Crippen MR) is 92.4 cm³/mol. The molecule has 2 atom stereocenters. The first-order chi connectivity index (χ1) is 10.5. The third-order valence-corrected chi connectivity index (χ3v) is 9.48. The van der Waals surface area contributed by atoms with Crippen LogP contribution in [0.2, 0.25) is 18.1 Å². The maximum absolute atomic E-state index is 11.9. The SMILES string of the molecule is Cc1cn(C2CC[C@@H](CO[Si](C)(C)C(C)(C)C)O2)c(=O)[nH]c1=O. The van der Waals surface area contributed by atoms with E-state index in [1.807, 2.05) is 0 Å². The molecule has 0 aromatic carbocycles. The van der Waals surface area contributed by atoms with Gasteiger partial charge in [0.25, 0.3) is 5.56 Å². The number of nitrogens with zero attached hydrogens (tertiary/aromatic N) is 1. The predicted octanol–water partition coefficient (Wildman–Crippen LogP) is 2.54. The first-order valence-electron chi connectivity index (χ1n) is 8.13. The van der Waals surface area contributed by atoms with Gasteiger partial charge in [-0.1, -0.05) is 20.8 Å². The number of hydrogen-bond acceptors (Lipinski definition) is 4. The fourth-order valence-corrected chi connectivity index (χ4v) is 3.37. The maximum Gasteiger partial charge on any atom is 0.330 e. The van der Waals surface area contributed by atoms with Gasteiger partial charge in [0.05, 0.1) is 12.7 Å². The van der Waals surface area contributed by atoms with Crippen molar-refractivity contribution in [1.29, 1.82) is 0 Å². The first kappa shape index (κ1) is 18.2. The van der Waals surface area contributed by atoms with Gasteiger partial charge >= 0.3 is 5.69 Å². The van der Waals surface area contributed by atoms with Crippen LogP contribution < -0.4 is 11.2 Å². The molecule has 6 nitrogen and oxygen atoms in total. The first-order valence-corrected chi connectivity index (χ1v) is 11.0. The van der Waals surface area contributed by atoms with Crippen molar-refractivity contribution in [2.75, 3.05) is 6.61 Å². The highest BCUT2D eigenvalue weighted by molar-refractivity contribution is 6.74. The van der Waals surface area contributed by atoms with E-state index < -0.39 is 14.0 Å². The van der Waals surface area contributed by atoms with E-state index in [2.05, 4.69) is 38.8 Å². The van der Waals surface area contributed by atoms with E-state index in [9.17, 15) is 9.59 Å². The minimum atomic E-state index is -1.80. The number of ether oxygens (including phenoxy) is 1. The smallest absolute Gasteiger partial charge is 0.330 e. The average molecular weight is 340 g/mol. The topological polar surface area (TPSA) is 73.3 Å². The average Bonchev–Trinajstić information content (AvgIpc) is 2.88. The molecule has 1 aromatic rings. The Morgan fingerprint density at radius 1 is 1.35 bits per heavy atom. The largest absolute Gasteiger partial charge is 0.414 e. The van der Waals surface area contributed by atoms with Crippen molar-refractivity contribution in [2.45, 2.75) is 71.0 Å². The van der Waals surface area contributed by atoms with Crippen LogP contribution in [0.4, 0.5) is 0 Å². The molecule has 1 aromatic heterocycles. The Morgan fingerprint density at radius 2 is 2.00 bits per heavy atom. The Morgan fingerprint density at radius 3 is 2.61 bits per heavy atom. The molecule has 0 spiro atoms. The lowest BCUT2D eigenvalue weighted by Gasteiger charge is -2.36. The van der Waals surface area contributed by atoms with Crippen LogP contribution in [-0.4, -0.2) is 30.6 Å². The van der Waals surface area contributed by atoms with Crippen LogP contribution in [-0.2, 0) is 9.16 Å². The van der Waals surface area contributed by atoms with Crippen molar-refractivity contribution in [3.05, 3.63) is 32.6 Å². The van der Waals surface area contributed by atoms with Crippen LogP contribution in [0.25, 0.3) is 0 Å². The van der Waals surface area contributed by atoms with Gasteiger partial charge in [-0.2, -0.15) is 0 Å². The lowest BCUT2D eigenvalue weighted by Crippen LogP contribution is -2.42. The third-order valence-electron chi connectivity index (χ3n) is 4.98. The summed E-state index contributed by atoms with van der Waals surface area (Å²) in [6.45, 7) is 13.3. The summed E-state index contributed by atoms with van der Waals surface area (Å²) < 4.78 is 13.6. The summed E-state index contributed by atoms with van der Waals surface area (Å²) in [6, 6.07) is 0. The number of aromatic amines is 1. The molecule has 2 heterocycles. The number of H-pyrrole nitrogens is 1. The second-order valence-corrected chi connectivity index (χ2v) is 12.6. The highest BCUT2D eigenvalue weighted by Crippen LogP contribution is 2.37. The summed E-state index contributed by atoms with van der Waals surface area (Å²) in [7, 11) is -1.80. The molecule has 0 radical (unpaired) electrons. The fourth-order valence-electron chi connectivity index (χ4n) is 2.33. The van der Waals surface area contributed by atoms with Crippen LogP contribution >= 0.6 is 0 Å². The zero-order valence-corrected chi connectivity index (χ0v) is 15.9. The Hall–Kier alpha value is -1.18. The molecule has 0 aliphatic carbocycles. The Balaban J connectivity index is 2.01. The quantitative estimate of drug-likeness (QED) is 0.855. The van der Waals surface area contributed by atoms with Crippen LogP contribution in [0.1, 0.15) is 45.4 Å². The minimum absolute atomic E-state index is 0.00624. The van der Waals surface area contributed by atoms with E-state index in [-0.39, 0.29) is 22.9 Å². The second-order valence-electron chi connectivity index (χ2n) is 7.84. The number of aromatic nitrogens is 2. The van der Waals surface area contributed by atoms with Crippen molar-refractivity contribution in [1.82, 2.24) is 9.55 Å². The van der Waals surface area contributed by atoms with E-state index in [1.165, 1.54) is 4.57 Å².